The molecule has 1 amide bonds. The number of carbonyl (C=O) groups excluding carboxylic acids is 1. The van der Waals surface area contributed by atoms with Crippen molar-refractivity contribution in [1.82, 2.24) is 5.32 Å². The SMILES string of the molecule is C[C@@H]1CCC(CC(=O)NCc2ccccc2)C2(OOC([Si](C)(C)C)O2)[C@H]1CCC1(C)OCC(C)(C)CO1. The molecule has 208 valence electrons. The third kappa shape index (κ3) is 6.83. The van der Waals surface area contributed by atoms with Crippen molar-refractivity contribution in [2.75, 3.05) is 13.2 Å². The van der Waals surface area contributed by atoms with Gasteiger partial charge in [0.25, 0.3) is 0 Å². The Kier molecular flexibility index (Phi) is 8.58. The lowest BCUT2D eigenvalue weighted by Gasteiger charge is -2.48. The molecular weight excluding hydrogens is 486 g/mol. The van der Waals surface area contributed by atoms with Gasteiger partial charge in [0.2, 0.25) is 11.7 Å². The van der Waals surface area contributed by atoms with Crippen LogP contribution < -0.4 is 5.32 Å². The standard InChI is InChI=1S/C29H47NO6Si/c1-21-13-14-23(17-25(31)30-18-22-11-9-8-10-12-22)29(34-26(35-36-29)37(5,6)7)24(21)15-16-28(4)32-19-27(2,3)20-33-28/h8-12,21,23-24,26H,13-20H2,1-7H3,(H,30,31)/t21-,23?,24+,26?,29?/m1/s1. The van der Waals surface area contributed by atoms with E-state index in [2.05, 4.69) is 45.7 Å². The number of hydrogen-bond donors (Lipinski definition) is 1. The van der Waals surface area contributed by atoms with Crippen LogP contribution in [0.3, 0.4) is 0 Å². The van der Waals surface area contributed by atoms with E-state index in [1.807, 2.05) is 37.3 Å². The van der Waals surface area contributed by atoms with Gasteiger partial charge in [-0.1, -0.05) is 70.7 Å². The Balaban J connectivity index is 1.49. The molecule has 37 heavy (non-hydrogen) atoms. The van der Waals surface area contributed by atoms with E-state index >= 15 is 0 Å². The monoisotopic (exact) mass is 533 g/mol. The highest BCUT2D eigenvalue weighted by atomic mass is 28.3. The van der Waals surface area contributed by atoms with Crippen molar-refractivity contribution in [2.24, 2.45) is 23.2 Å². The minimum Gasteiger partial charge on any atom is -0.352 e. The van der Waals surface area contributed by atoms with Crippen molar-refractivity contribution in [3.8, 4) is 0 Å². The summed E-state index contributed by atoms with van der Waals surface area (Å²) in [7, 11) is -1.82. The molecule has 3 aliphatic rings. The number of amides is 1. The molecular formula is C29H47NO6Si. The second kappa shape index (κ2) is 11.1. The van der Waals surface area contributed by atoms with E-state index < -0.39 is 19.6 Å². The van der Waals surface area contributed by atoms with Gasteiger partial charge >= 0.3 is 0 Å². The Hall–Kier alpha value is -1.29. The van der Waals surface area contributed by atoms with Crippen molar-refractivity contribution >= 4 is 14.0 Å². The zero-order chi connectivity index (χ0) is 26.9. The molecule has 1 aromatic rings. The van der Waals surface area contributed by atoms with Crippen molar-refractivity contribution in [3.63, 3.8) is 0 Å². The maximum absolute atomic E-state index is 13.1. The van der Waals surface area contributed by atoms with Crippen LogP contribution in [0.2, 0.25) is 19.6 Å². The number of carbonyl (C=O) groups is 1. The van der Waals surface area contributed by atoms with E-state index in [0.29, 0.717) is 32.1 Å². The van der Waals surface area contributed by atoms with Gasteiger partial charge in [0.05, 0.1) is 13.2 Å². The molecule has 3 unspecified atom stereocenters. The molecule has 0 radical (unpaired) electrons. The van der Waals surface area contributed by atoms with E-state index in [4.69, 9.17) is 24.0 Å². The summed E-state index contributed by atoms with van der Waals surface area (Å²) < 4.78 is 19.2. The predicted molar refractivity (Wildman–Crippen MR) is 145 cm³/mol. The number of nitrogens with one attached hydrogen (secondary N) is 1. The fourth-order valence-electron chi connectivity index (χ4n) is 5.69. The minimum absolute atomic E-state index is 0.0123. The molecule has 3 fully saturated rings. The van der Waals surface area contributed by atoms with E-state index in [9.17, 15) is 4.79 Å². The summed E-state index contributed by atoms with van der Waals surface area (Å²) in [5.74, 6) is -1.60. The maximum Gasteiger partial charge on any atom is 0.220 e. The number of hydrogen-bond acceptors (Lipinski definition) is 6. The largest absolute Gasteiger partial charge is 0.352 e. The van der Waals surface area contributed by atoms with E-state index in [0.717, 1.165) is 31.2 Å². The summed E-state index contributed by atoms with van der Waals surface area (Å²) in [6, 6.07) is 9.99. The Morgan fingerprint density at radius 1 is 1.05 bits per heavy atom. The average molecular weight is 534 g/mol. The Morgan fingerprint density at radius 3 is 2.35 bits per heavy atom. The summed E-state index contributed by atoms with van der Waals surface area (Å²) in [6.45, 7) is 17.1. The number of benzene rings is 1. The van der Waals surface area contributed by atoms with Crippen molar-refractivity contribution in [1.29, 1.82) is 0 Å². The minimum atomic E-state index is -1.82. The normalized spacial score (nSPS) is 33.4. The highest BCUT2D eigenvalue weighted by Crippen LogP contribution is 2.53. The molecule has 2 aliphatic heterocycles. The smallest absolute Gasteiger partial charge is 0.220 e. The van der Waals surface area contributed by atoms with Crippen LogP contribution in [0, 0.1) is 23.2 Å². The van der Waals surface area contributed by atoms with Gasteiger partial charge in [-0.3, -0.25) is 4.79 Å². The first-order valence-electron chi connectivity index (χ1n) is 13.9. The highest BCUT2D eigenvalue weighted by Gasteiger charge is 2.60. The first kappa shape index (κ1) is 28.7. The van der Waals surface area contributed by atoms with Crippen LogP contribution in [-0.2, 0) is 35.3 Å². The van der Waals surface area contributed by atoms with Gasteiger partial charge in [-0.15, -0.1) is 0 Å². The number of rotatable bonds is 8. The molecule has 1 N–H and O–H groups in total. The molecule has 2 saturated heterocycles. The predicted octanol–water partition coefficient (Wildman–Crippen LogP) is 5.80. The zero-order valence-corrected chi connectivity index (χ0v) is 24.8. The van der Waals surface area contributed by atoms with Crippen molar-refractivity contribution in [3.05, 3.63) is 35.9 Å². The first-order chi connectivity index (χ1) is 17.3. The summed E-state index contributed by atoms with van der Waals surface area (Å²) in [6.07, 6.45) is 3.75. The zero-order valence-electron chi connectivity index (χ0n) is 23.8. The summed E-state index contributed by atoms with van der Waals surface area (Å²) in [4.78, 5) is 25.3. The van der Waals surface area contributed by atoms with Gasteiger partial charge in [-0.2, -0.15) is 4.89 Å². The summed E-state index contributed by atoms with van der Waals surface area (Å²) in [5.41, 5.74) is 1.10. The lowest BCUT2D eigenvalue weighted by atomic mass is 9.67. The van der Waals surface area contributed by atoms with Gasteiger partial charge in [-0.25, -0.2) is 4.89 Å². The number of ether oxygens (including phenoxy) is 3. The molecule has 2 heterocycles. The Labute approximate surface area is 223 Å². The quantitative estimate of drug-likeness (QED) is 0.336. The topological polar surface area (TPSA) is 75.3 Å². The first-order valence-corrected chi connectivity index (χ1v) is 17.5. The van der Waals surface area contributed by atoms with Crippen LogP contribution >= 0.6 is 0 Å². The van der Waals surface area contributed by atoms with Gasteiger partial charge in [0.15, 0.2) is 11.7 Å². The van der Waals surface area contributed by atoms with Crippen LogP contribution in [0.15, 0.2) is 30.3 Å². The van der Waals surface area contributed by atoms with Crippen LogP contribution in [0.1, 0.15) is 65.4 Å². The molecule has 1 aliphatic carbocycles. The van der Waals surface area contributed by atoms with Crippen LogP contribution in [0.4, 0.5) is 0 Å². The van der Waals surface area contributed by atoms with Gasteiger partial charge < -0.3 is 19.5 Å². The van der Waals surface area contributed by atoms with Crippen molar-refractivity contribution < 1.29 is 28.8 Å². The van der Waals surface area contributed by atoms with Crippen molar-refractivity contribution in [2.45, 2.75) is 103 Å². The van der Waals surface area contributed by atoms with Gasteiger partial charge in [0, 0.05) is 36.6 Å². The molecule has 1 spiro atoms. The summed E-state index contributed by atoms with van der Waals surface area (Å²) >= 11 is 0. The molecule has 4 rings (SSSR count). The molecule has 8 heteroatoms. The molecule has 5 atom stereocenters. The van der Waals surface area contributed by atoms with E-state index in [1.165, 1.54) is 0 Å². The van der Waals surface area contributed by atoms with Gasteiger partial charge in [0.1, 0.15) is 8.07 Å². The van der Waals surface area contributed by atoms with Crippen LogP contribution in [-0.4, -0.2) is 44.7 Å². The van der Waals surface area contributed by atoms with E-state index in [-0.39, 0.29) is 29.1 Å². The fraction of sp³-hybridized carbons (Fsp3) is 0.759. The molecule has 7 nitrogen and oxygen atoms in total. The lowest BCUT2D eigenvalue weighted by Crippen LogP contribution is -2.55. The second-order valence-electron chi connectivity index (χ2n) is 13.5. The molecule has 1 saturated carbocycles. The Morgan fingerprint density at radius 2 is 1.73 bits per heavy atom. The van der Waals surface area contributed by atoms with Crippen LogP contribution in [0.25, 0.3) is 0 Å². The van der Waals surface area contributed by atoms with E-state index in [1.54, 1.807) is 0 Å². The molecule has 1 aromatic carbocycles. The highest BCUT2D eigenvalue weighted by molar-refractivity contribution is 6.77. The third-order valence-electron chi connectivity index (χ3n) is 8.22. The average Bonchev–Trinajstić information content (AvgIpc) is 3.29. The maximum atomic E-state index is 13.1. The Bertz CT molecular complexity index is 909. The fourth-order valence-corrected chi connectivity index (χ4v) is 6.56. The van der Waals surface area contributed by atoms with Crippen LogP contribution in [0.5, 0.6) is 0 Å². The lowest BCUT2D eigenvalue weighted by molar-refractivity contribution is -0.370. The summed E-state index contributed by atoms with van der Waals surface area (Å²) in [5, 5.41) is 3.10. The third-order valence-corrected chi connectivity index (χ3v) is 9.85. The van der Waals surface area contributed by atoms with Gasteiger partial charge in [-0.05, 0) is 37.7 Å². The second-order valence-corrected chi connectivity index (χ2v) is 18.7. The molecule has 0 aromatic heterocycles. The molecule has 0 bridgehead atoms.